The lowest BCUT2D eigenvalue weighted by Gasteiger charge is -2.05. The summed E-state index contributed by atoms with van der Waals surface area (Å²) in [6.07, 6.45) is -5.01. The highest BCUT2D eigenvalue weighted by Crippen LogP contribution is 2.20. The minimum absolute atomic E-state index is 0.441. The largest absolute Gasteiger partial charge is 0.389 e. The van der Waals surface area contributed by atoms with E-state index in [0.29, 0.717) is 6.54 Å². The molecule has 12 heavy (non-hydrogen) atoms. The van der Waals surface area contributed by atoms with Crippen LogP contribution in [0.3, 0.4) is 0 Å². The van der Waals surface area contributed by atoms with Gasteiger partial charge in [0.15, 0.2) is 0 Å². The zero-order valence-corrected chi connectivity index (χ0v) is 6.87. The van der Waals surface area contributed by atoms with Crippen LogP contribution in [-0.4, -0.2) is 18.6 Å². The van der Waals surface area contributed by atoms with Crippen LogP contribution >= 0.6 is 0 Å². The third-order valence-corrected chi connectivity index (χ3v) is 1.21. The maximum atomic E-state index is 11.6. The fourth-order valence-electron chi connectivity index (χ4n) is 0.608. The van der Waals surface area contributed by atoms with Gasteiger partial charge in [0.25, 0.3) is 0 Å². The first kappa shape index (κ1) is 11.3. The number of nitrogens with one attached hydrogen (secondary N) is 1. The van der Waals surface area contributed by atoms with Crippen molar-refractivity contribution < 1.29 is 18.0 Å². The molecule has 0 rings (SSSR count). The molecular formula is C7H12F3NO. The average Bonchev–Trinajstić information content (AvgIpc) is 1.95. The second kappa shape index (κ2) is 5.00. The second-order valence-electron chi connectivity index (χ2n) is 2.47. The molecule has 0 aliphatic carbocycles. The number of carbonyl (C=O) groups excluding carboxylic acids is 1. The molecule has 72 valence electrons. The Morgan fingerprint density at radius 1 is 1.42 bits per heavy atom. The summed E-state index contributed by atoms with van der Waals surface area (Å²) in [5, 5.41) is 2.37. The van der Waals surface area contributed by atoms with Gasteiger partial charge >= 0.3 is 6.18 Å². The van der Waals surface area contributed by atoms with E-state index in [1.807, 2.05) is 6.92 Å². The van der Waals surface area contributed by atoms with Crippen LogP contribution in [-0.2, 0) is 4.79 Å². The van der Waals surface area contributed by atoms with Crippen molar-refractivity contribution in [3.63, 3.8) is 0 Å². The van der Waals surface area contributed by atoms with Crippen LogP contribution in [0.2, 0.25) is 0 Å². The smallest absolute Gasteiger partial charge is 0.356 e. The highest BCUT2D eigenvalue weighted by molar-refractivity contribution is 5.75. The van der Waals surface area contributed by atoms with E-state index in [1.54, 1.807) is 0 Å². The highest BCUT2D eigenvalue weighted by Gasteiger charge is 2.27. The predicted molar refractivity (Wildman–Crippen MR) is 38.6 cm³/mol. The summed E-state index contributed by atoms with van der Waals surface area (Å²) in [5.74, 6) is -0.533. The fraction of sp³-hybridized carbons (Fsp3) is 0.857. The molecule has 0 atom stereocenters. The molecular weight excluding hydrogens is 171 g/mol. The maximum absolute atomic E-state index is 11.6. The van der Waals surface area contributed by atoms with E-state index >= 15 is 0 Å². The van der Waals surface area contributed by atoms with Gasteiger partial charge in [-0.2, -0.15) is 13.2 Å². The van der Waals surface area contributed by atoms with Gasteiger partial charge in [0.1, 0.15) is 0 Å². The van der Waals surface area contributed by atoms with E-state index < -0.39 is 24.9 Å². The molecule has 0 aromatic heterocycles. The average molecular weight is 183 g/mol. The Morgan fingerprint density at radius 2 is 2.00 bits per heavy atom. The molecule has 0 radical (unpaired) electrons. The van der Waals surface area contributed by atoms with Crippen LogP contribution < -0.4 is 5.32 Å². The number of amides is 1. The number of rotatable bonds is 4. The topological polar surface area (TPSA) is 29.1 Å². The molecule has 1 amide bonds. The van der Waals surface area contributed by atoms with Crippen molar-refractivity contribution in [1.82, 2.24) is 5.32 Å². The number of carbonyl (C=O) groups is 1. The van der Waals surface area contributed by atoms with Crippen LogP contribution in [0.15, 0.2) is 0 Å². The first-order chi connectivity index (χ1) is 5.45. The van der Waals surface area contributed by atoms with Gasteiger partial charge in [-0.1, -0.05) is 6.92 Å². The summed E-state index contributed by atoms with van der Waals surface area (Å²) >= 11 is 0. The fourth-order valence-corrected chi connectivity index (χ4v) is 0.608. The van der Waals surface area contributed by atoms with Crippen molar-refractivity contribution in [2.45, 2.75) is 32.4 Å². The minimum atomic E-state index is -4.23. The summed E-state index contributed by atoms with van der Waals surface area (Å²) in [6, 6.07) is 0. The maximum Gasteiger partial charge on any atom is 0.389 e. The third-order valence-electron chi connectivity index (χ3n) is 1.21. The van der Waals surface area contributed by atoms with Gasteiger partial charge in [0, 0.05) is 13.0 Å². The van der Waals surface area contributed by atoms with Crippen molar-refractivity contribution in [1.29, 1.82) is 0 Å². The summed E-state index contributed by atoms with van der Waals surface area (Å²) in [7, 11) is 0. The molecule has 0 aliphatic heterocycles. The van der Waals surface area contributed by atoms with Gasteiger partial charge in [-0.3, -0.25) is 4.79 Å². The molecule has 0 aliphatic rings. The molecule has 0 aromatic rings. The zero-order chi connectivity index (χ0) is 9.61. The molecule has 0 unspecified atom stereocenters. The summed E-state index contributed by atoms with van der Waals surface area (Å²) < 4.78 is 34.7. The molecule has 0 spiro atoms. The lowest BCUT2D eigenvalue weighted by molar-refractivity contribution is -0.144. The monoisotopic (exact) mass is 183 g/mol. The number of alkyl halides is 3. The normalized spacial score (nSPS) is 11.3. The molecule has 0 saturated heterocycles. The zero-order valence-electron chi connectivity index (χ0n) is 6.87. The van der Waals surface area contributed by atoms with Gasteiger partial charge in [0.2, 0.25) is 5.91 Å². The Balaban J connectivity index is 3.44. The van der Waals surface area contributed by atoms with Gasteiger partial charge in [-0.15, -0.1) is 0 Å². The quantitative estimate of drug-likeness (QED) is 0.708. The first-order valence-electron chi connectivity index (χ1n) is 3.79. The molecule has 1 N–H and O–H groups in total. The standard InChI is InChI=1S/C7H12F3NO/c1-2-5-11-6(12)3-4-7(8,9)10/h2-5H2,1H3,(H,11,12). The van der Waals surface area contributed by atoms with Crippen LogP contribution in [0.1, 0.15) is 26.2 Å². The minimum Gasteiger partial charge on any atom is -0.356 e. The van der Waals surface area contributed by atoms with Crippen LogP contribution in [0, 0.1) is 0 Å². The van der Waals surface area contributed by atoms with Crippen molar-refractivity contribution >= 4 is 5.91 Å². The van der Waals surface area contributed by atoms with Crippen LogP contribution in [0.25, 0.3) is 0 Å². The SMILES string of the molecule is CCCNC(=O)CCC(F)(F)F. The van der Waals surface area contributed by atoms with Crippen molar-refractivity contribution in [2.75, 3.05) is 6.54 Å². The second-order valence-corrected chi connectivity index (χ2v) is 2.47. The molecule has 0 fully saturated rings. The Hall–Kier alpha value is -0.740. The Bertz CT molecular complexity index is 144. The van der Waals surface area contributed by atoms with E-state index in [-0.39, 0.29) is 0 Å². The van der Waals surface area contributed by atoms with Crippen molar-refractivity contribution in [2.24, 2.45) is 0 Å². The van der Waals surface area contributed by atoms with E-state index in [2.05, 4.69) is 5.32 Å². The van der Waals surface area contributed by atoms with Crippen molar-refractivity contribution in [3.8, 4) is 0 Å². The molecule has 0 saturated carbocycles. The first-order valence-corrected chi connectivity index (χ1v) is 3.79. The molecule has 5 heteroatoms. The van der Waals surface area contributed by atoms with Gasteiger partial charge in [-0.25, -0.2) is 0 Å². The molecule has 0 aromatic carbocycles. The number of hydrogen-bond donors (Lipinski definition) is 1. The summed E-state index contributed by atoms with van der Waals surface area (Å²) in [4.78, 5) is 10.6. The predicted octanol–water partition coefficient (Wildman–Crippen LogP) is 1.86. The Labute approximate surface area is 69.1 Å². The Morgan fingerprint density at radius 3 is 2.42 bits per heavy atom. The van der Waals surface area contributed by atoms with E-state index in [0.717, 1.165) is 6.42 Å². The molecule has 0 bridgehead atoms. The van der Waals surface area contributed by atoms with E-state index in [4.69, 9.17) is 0 Å². The van der Waals surface area contributed by atoms with Crippen molar-refractivity contribution in [3.05, 3.63) is 0 Å². The lowest BCUT2D eigenvalue weighted by atomic mass is 10.3. The van der Waals surface area contributed by atoms with E-state index in [1.165, 1.54) is 0 Å². The third kappa shape index (κ3) is 7.37. The van der Waals surface area contributed by atoms with Gasteiger partial charge in [0.05, 0.1) is 6.42 Å². The van der Waals surface area contributed by atoms with Gasteiger partial charge < -0.3 is 5.32 Å². The molecule has 2 nitrogen and oxygen atoms in total. The highest BCUT2D eigenvalue weighted by atomic mass is 19.4. The van der Waals surface area contributed by atoms with Crippen LogP contribution in [0.4, 0.5) is 13.2 Å². The summed E-state index contributed by atoms with van der Waals surface area (Å²) in [6.45, 7) is 2.28. The summed E-state index contributed by atoms with van der Waals surface area (Å²) in [5.41, 5.74) is 0. The Kier molecular flexibility index (Phi) is 4.70. The van der Waals surface area contributed by atoms with Crippen LogP contribution in [0.5, 0.6) is 0 Å². The van der Waals surface area contributed by atoms with E-state index in [9.17, 15) is 18.0 Å². The number of hydrogen-bond acceptors (Lipinski definition) is 1. The lowest BCUT2D eigenvalue weighted by Crippen LogP contribution is -2.25. The molecule has 0 heterocycles. The van der Waals surface area contributed by atoms with Gasteiger partial charge in [-0.05, 0) is 6.42 Å². The number of halogens is 3.